The largest absolute Gasteiger partial charge is 0.351 e. The molecule has 2 aromatic rings. The van der Waals surface area contributed by atoms with Gasteiger partial charge in [-0.05, 0) is 54.8 Å². The molecule has 1 aliphatic rings. The molecule has 1 aromatic carbocycles. The fraction of sp³-hybridized carbons (Fsp3) is 0.368. The number of benzene rings is 1. The first-order valence-electron chi connectivity index (χ1n) is 8.48. The van der Waals surface area contributed by atoms with Gasteiger partial charge in [-0.2, -0.15) is 0 Å². The van der Waals surface area contributed by atoms with Gasteiger partial charge in [0.2, 0.25) is 5.91 Å². The minimum atomic E-state index is -0.356. The highest BCUT2D eigenvalue weighted by Crippen LogP contribution is 2.41. The van der Waals surface area contributed by atoms with E-state index >= 15 is 0 Å². The summed E-state index contributed by atoms with van der Waals surface area (Å²) in [5.74, 6) is -0.405. The van der Waals surface area contributed by atoms with Crippen LogP contribution in [0.25, 0.3) is 0 Å². The van der Waals surface area contributed by atoms with Crippen molar-refractivity contribution in [2.75, 3.05) is 6.54 Å². The number of hydrogen-bond donors (Lipinski definition) is 2. The quantitative estimate of drug-likeness (QED) is 0.742. The Morgan fingerprint density at radius 1 is 1.16 bits per heavy atom. The molecule has 2 amide bonds. The van der Waals surface area contributed by atoms with E-state index in [9.17, 15) is 14.0 Å². The monoisotopic (exact) mass is 360 g/mol. The van der Waals surface area contributed by atoms with E-state index in [-0.39, 0.29) is 23.2 Å². The molecule has 0 unspecified atom stereocenters. The molecule has 0 aliphatic heterocycles. The van der Waals surface area contributed by atoms with Gasteiger partial charge in [0.1, 0.15) is 5.82 Å². The smallest absolute Gasteiger partial charge is 0.261 e. The predicted molar refractivity (Wildman–Crippen MR) is 96.0 cm³/mol. The van der Waals surface area contributed by atoms with Crippen LogP contribution < -0.4 is 10.6 Å². The molecule has 4 nitrogen and oxygen atoms in total. The number of nitrogens with one attached hydrogen (secondary N) is 2. The van der Waals surface area contributed by atoms with E-state index in [4.69, 9.17) is 0 Å². The highest BCUT2D eigenvalue weighted by atomic mass is 32.1. The van der Waals surface area contributed by atoms with E-state index in [1.54, 1.807) is 18.2 Å². The fourth-order valence-corrected chi connectivity index (χ4v) is 3.70. The summed E-state index contributed by atoms with van der Waals surface area (Å²) in [6.45, 7) is 0.466. The third-order valence-electron chi connectivity index (χ3n) is 4.59. The Hall–Kier alpha value is -2.21. The molecule has 0 radical (unpaired) electrons. The maximum absolute atomic E-state index is 13.1. The molecule has 1 aliphatic carbocycles. The Morgan fingerprint density at radius 2 is 1.92 bits per heavy atom. The van der Waals surface area contributed by atoms with Gasteiger partial charge in [-0.25, -0.2) is 4.39 Å². The minimum Gasteiger partial charge on any atom is -0.351 e. The van der Waals surface area contributed by atoms with E-state index in [1.165, 1.54) is 23.5 Å². The van der Waals surface area contributed by atoms with E-state index in [2.05, 4.69) is 10.6 Å². The van der Waals surface area contributed by atoms with Gasteiger partial charge in [-0.15, -0.1) is 11.3 Å². The van der Waals surface area contributed by atoms with Crippen molar-refractivity contribution in [3.05, 3.63) is 58.0 Å². The van der Waals surface area contributed by atoms with Crippen LogP contribution in [0.4, 0.5) is 4.39 Å². The molecule has 1 fully saturated rings. The Morgan fingerprint density at radius 3 is 2.52 bits per heavy atom. The zero-order chi connectivity index (χ0) is 17.7. The number of carbonyl (C=O) groups is 2. The van der Waals surface area contributed by atoms with Crippen molar-refractivity contribution >= 4 is 23.2 Å². The lowest BCUT2D eigenvalue weighted by molar-refractivity contribution is -0.124. The van der Waals surface area contributed by atoms with Crippen LogP contribution in [0.15, 0.2) is 41.8 Å². The standard InChI is InChI=1S/C19H21FN2O2S/c20-15-8-6-14(7-9-15)19(10-3-11-19)22-17(23)5-1-12-21-18(24)16-4-2-13-25-16/h2,4,6-9,13H,1,3,5,10-12H2,(H,21,24)(H,22,23). The molecule has 0 bridgehead atoms. The van der Waals surface area contributed by atoms with Crippen molar-refractivity contribution in [1.29, 1.82) is 0 Å². The van der Waals surface area contributed by atoms with Crippen molar-refractivity contribution in [3.8, 4) is 0 Å². The van der Waals surface area contributed by atoms with Crippen molar-refractivity contribution in [2.24, 2.45) is 0 Å². The second-order valence-corrected chi connectivity index (χ2v) is 7.28. The average Bonchev–Trinajstić information content (AvgIpc) is 3.10. The van der Waals surface area contributed by atoms with Crippen LogP contribution in [-0.2, 0) is 10.3 Å². The second kappa shape index (κ2) is 7.78. The summed E-state index contributed by atoms with van der Waals surface area (Å²) in [4.78, 5) is 24.8. The van der Waals surface area contributed by atoms with Crippen LogP contribution in [0, 0.1) is 5.82 Å². The normalized spacial score (nSPS) is 15.2. The molecule has 25 heavy (non-hydrogen) atoms. The zero-order valence-corrected chi connectivity index (χ0v) is 14.7. The lowest BCUT2D eigenvalue weighted by atomic mass is 9.71. The average molecular weight is 360 g/mol. The third kappa shape index (κ3) is 4.25. The van der Waals surface area contributed by atoms with Gasteiger partial charge in [-0.3, -0.25) is 9.59 Å². The number of rotatable bonds is 7. The second-order valence-electron chi connectivity index (χ2n) is 6.33. The summed E-state index contributed by atoms with van der Waals surface area (Å²) in [5, 5.41) is 7.79. The maximum Gasteiger partial charge on any atom is 0.261 e. The summed E-state index contributed by atoms with van der Waals surface area (Å²) in [7, 11) is 0. The topological polar surface area (TPSA) is 58.2 Å². The number of halogens is 1. The summed E-state index contributed by atoms with van der Waals surface area (Å²) >= 11 is 1.39. The van der Waals surface area contributed by atoms with Gasteiger partial charge in [-0.1, -0.05) is 18.2 Å². The highest BCUT2D eigenvalue weighted by molar-refractivity contribution is 7.12. The molecule has 0 spiro atoms. The maximum atomic E-state index is 13.1. The van der Waals surface area contributed by atoms with Gasteiger partial charge in [0.25, 0.3) is 5.91 Å². The van der Waals surface area contributed by atoms with Gasteiger partial charge in [0.05, 0.1) is 10.4 Å². The first-order chi connectivity index (χ1) is 12.1. The van der Waals surface area contributed by atoms with Crippen LogP contribution >= 0.6 is 11.3 Å². The molecule has 0 atom stereocenters. The van der Waals surface area contributed by atoms with E-state index in [1.807, 2.05) is 11.4 Å². The van der Waals surface area contributed by atoms with Crippen molar-refractivity contribution in [3.63, 3.8) is 0 Å². The molecule has 2 N–H and O–H groups in total. The molecule has 1 aromatic heterocycles. The summed E-state index contributed by atoms with van der Waals surface area (Å²) < 4.78 is 13.1. The van der Waals surface area contributed by atoms with Gasteiger partial charge in [0.15, 0.2) is 0 Å². The van der Waals surface area contributed by atoms with Crippen molar-refractivity contribution in [1.82, 2.24) is 10.6 Å². The van der Waals surface area contributed by atoms with E-state index < -0.39 is 0 Å². The number of thiophene rings is 1. The lowest BCUT2D eigenvalue weighted by Crippen LogP contribution is -2.50. The van der Waals surface area contributed by atoms with Crippen LogP contribution in [0.5, 0.6) is 0 Å². The van der Waals surface area contributed by atoms with Crippen LogP contribution in [0.1, 0.15) is 47.3 Å². The van der Waals surface area contributed by atoms with E-state index in [0.29, 0.717) is 24.3 Å². The Bertz CT molecular complexity index is 724. The Kier molecular flexibility index (Phi) is 5.48. The predicted octanol–water partition coefficient (Wildman–Crippen LogP) is 3.59. The third-order valence-corrected chi connectivity index (χ3v) is 5.46. The molecular weight excluding hydrogens is 339 g/mol. The summed E-state index contributed by atoms with van der Waals surface area (Å²) in [6, 6.07) is 9.96. The summed E-state index contributed by atoms with van der Waals surface area (Å²) in [5.41, 5.74) is 0.602. The molecule has 132 valence electrons. The highest BCUT2D eigenvalue weighted by Gasteiger charge is 2.39. The zero-order valence-electron chi connectivity index (χ0n) is 13.9. The Labute approximate surface area is 150 Å². The van der Waals surface area contributed by atoms with Gasteiger partial charge >= 0.3 is 0 Å². The summed E-state index contributed by atoms with van der Waals surface area (Å²) in [6.07, 6.45) is 3.74. The number of carbonyl (C=O) groups excluding carboxylic acids is 2. The number of hydrogen-bond acceptors (Lipinski definition) is 3. The van der Waals surface area contributed by atoms with Crippen LogP contribution in [0.3, 0.4) is 0 Å². The molecule has 0 saturated heterocycles. The Balaban J connectivity index is 1.45. The van der Waals surface area contributed by atoms with Gasteiger partial charge in [0, 0.05) is 13.0 Å². The minimum absolute atomic E-state index is 0.0330. The van der Waals surface area contributed by atoms with E-state index in [0.717, 1.165) is 24.8 Å². The first-order valence-corrected chi connectivity index (χ1v) is 9.36. The van der Waals surface area contributed by atoms with Crippen molar-refractivity contribution in [2.45, 2.75) is 37.6 Å². The molecule has 1 saturated carbocycles. The SMILES string of the molecule is O=C(CCCNC(=O)c1cccs1)NC1(c2ccc(F)cc2)CCC1. The fourth-order valence-electron chi connectivity index (χ4n) is 3.06. The first kappa shape index (κ1) is 17.6. The van der Waals surface area contributed by atoms with Gasteiger partial charge < -0.3 is 10.6 Å². The van der Waals surface area contributed by atoms with Crippen molar-refractivity contribution < 1.29 is 14.0 Å². The molecular formula is C19H21FN2O2S. The molecule has 6 heteroatoms. The van der Waals surface area contributed by atoms with Crippen LogP contribution in [-0.4, -0.2) is 18.4 Å². The number of amides is 2. The lowest BCUT2D eigenvalue weighted by Gasteiger charge is -2.43. The molecule has 3 rings (SSSR count). The molecule has 1 heterocycles. The van der Waals surface area contributed by atoms with Crippen LogP contribution in [0.2, 0.25) is 0 Å².